The zero-order valence-electron chi connectivity index (χ0n) is 4.84. The van der Waals surface area contributed by atoms with E-state index in [1.54, 1.807) is 0 Å². The minimum atomic E-state index is 0.236. The number of hydrogen-bond donors (Lipinski definition) is 2. The molecule has 0 amide bonds. The normalized spacial score (nSPS) is 30.4. The van der Waals surface area contributed by atoms with Crippen LogP contribution in [-0.4, -0.2) is 37.5 Å². The van der Waals surface area contributed by atoms with Crippen molar-refractivity contribution in [2.45, 2.75) is 6.04 Å². The molecule has 0 radical (unpaired) electrons. The van der Waals surface area contributed by atoms with Gasteiger partial charge >= 0.3 is 0 Å². The van der Waals surface area contributed by atoms with E-state index in [9.17, 15) is 0 Å². The van der Waals surface area contributed by atoms with Crippen LogP contribution in [0, 0.1) is 0 Å². The molecule has 1 atom stereocenters. The van der Waals surface area contributed by atoms with E-state index < -0.39 is 0 Å². The summed E-state index contributed by atoms with van der Waals surface area (Å²) in [7, 11) is 0. The number of hydrogen-bond acceptors (Lipinski definition) is 2. The summed E-state index contributed by atoms with van der Waals surface area (Å²) in [6.45, 7) is 2.76. The van der Waals surface area contributed by atoms with E-state index >= 15 is 0 Å². The molecular weight excluding hydrogens is 106 g/mol. The van der Waals surface area contributed by atoms with Crippen LogP contribution in [0.2, 0.25) is 0 Å². The molecule has 0 bridgehead atoms. The van der Waals surface area contributed by atoms with Crippen molar-refractivity contribution in [1.29, 1.82) is 0 Å². The third kappa shape index (κ3) is 1.43. The molecular formula is C5H12NO2+. The van der Waals surface area contributed by atoms with Crippen LogP contribution >= 0.6 is 0 Å². The van der Waals surface area contributed by atoms with Crippen LogP contribution in [0.25, 0.3) is 0 Å². The lowest BCUT2D eigenvalue weighted by Gasteiger charge is -2.17. The summed E-state index contributed by atoms with van der Waals surface area (Å²) in [5.41, 5.74) is 0. The Morgan fingerprint density at radius 3 is 3.00 bits per heavy atom. The first-order chi connectivity index (χ1) is 3.93. The maximum atomic E-state index is 8.58. The Bertz CT molecular complexity index is 61.4. The van der Waals surface area contributed by atoms with Crippen molar-refractivity contribution in [2.75, 3.05) is 26.4 Å². The van der Waals surface area contributed by atoms with Gasteiger partial charge in [0.25, 0.3) is 0 Å². The highest BCUT2D eigenvalue weighted by Gasteiger charge is 2.13. The standard InChI is InChI=1S/C5H11NO2/c7-3-5-4-8-2-1-6-5/h5-7H,1-4H2/p+1/t5-/m0/s1. The van der Waals surface area contributed by atoms with Gasteiger partial charge in [0.1, 0.15) is 12.6 Å². The Labute approximate surface area is 48.7 Å². The molecule has 3 N–H and O–H groups in total. The van der Waals surface area contributed by atoms with Crippen molar-refractivity contribution in [3.05, 3.63) is 0 Å². The largest absolute Gasteiger partial charge is 0.390 e. The Morgan fingerprint density at radius 1 is 1.75 bits per heavy atom. The van der Waals surface area contributed by atoms with Crippen LogP contribution in [0.1, 0.15) is 0 Å². The summed E-state index contributed by atoms with van der Waals surface area (Å²) in [5, 5.41) is 10.7. The molecule has 8 heavy (non-hydrogen) atoms. The predicted octanol–water partition coefficient (Wildman–Crippen LogP) is -2.06. The van der Waals surface area contributed by atoms with Gasteiger partial charge in [-0.1, -0.05) is 0 Å². The number of aliphatic hydroxyl groups excluding tert-OH is 1. The lowest BCUT2D eigenvalue weighted by Crippen LogP contribution is -2.94. The Balaban J connectivity index is 2.13. The topological polar surface area (TPSA) is 46.1 Å². The average Bonchev–Trinajstić information content (AvgIpc) is 1.90. The minimum Gasteiger partial charge on any atom is -0.390 e. The molecule has 1 fully saturated rings. The second kappa shape index (κ2) is 3.02. The Hall–Kier alpha value is -0.120. The SMILES string of the molecule is OC[C@H]1COCC[NH2+]1. The number of morpholine rings is 1. The van der Waals surface area contributed by atoms with Crippen molar-refractivity contribution in [2.24, 2.45) is 0 Å². The van der Waals surface area contributed by atoms with Crippen LogP contribution in [-0.2, 0) is 4.74 Å². The highest BCUT2D eigenvalue weighted by atomic mass is 16.5. The number of quaternary nitrogens is 1. The van der Waals surface area contributed by atoms with Crippen LogP contribution in [0.3, 0.4) is 0 Å². The lowest BCUT2D eigenvalue weighted by molar-refractivity contribution is -0.706. The second-order valence-corrected chi connectivity index (χ2v) is 2.04. The van der Waals surface area contributed by atoms with E-state index in [0.29, 0.717) is 12.6 Å². The molecule has 0 aromatic carbocycles. The summed E-state index contributed by atoms with van der Waals surface area (Å²) in [4.78, 5) is 0. The number of nitrogens with two attached hydrogens (primary N) is 1. The van der Waals surface area contributed by atoms with Crippen molar-refractivity contribution in [3.63, 3.8) is 0 Å². The van der Waals surface area contributed by atoms with Crippen LogP contribution in [0.5, 0.6) is 0 Å². The zero-order chi connectivity index (χ0) is 5.82. The molecule has 0 aromatic heterocycles. The smallest absolute Gasteiger partial charge is 0.133 e. The van der Waals surface area contributed by atoms with Crippen LogP contribution in [0.4, 0.5) is 0 Å². The highest BCUT2D eigenvalue weighted by Crippen LogP contribution is 1.81. The molecule has 0 unspecified atom stereocenters. The highest BCUT2D eigenvalue weighted by molar-refractivity contribution is 4.51. The van der Waals surface area contributed by atoms with E-state index in [0.717, 1.165) is 13.2 Å². The maximum absolute atomic E-state index is 8.58. The van der Waals surface area contributed by atoms with Gasteiger partial charge in [0.05, 0.1) is 19.8 Å². The minimum absolute atomic E-state index is 0.236. The molecule has 3 nitrogen and oxygen atoms in total. The van der Waals surface area contributed by atoms with Crippen molar-refractivity contribution < 1.29 is 15.2 Å². The fourth-order valence-electron chi connectivity index (χ4n) is 0.817. The van der Waals surface area contributed by atoms with Gasteiger partial charge in [-0.25, -0.2) is 0 Å². The van der Waals surface area contributed by atoms with Crippen molar-refractivity contribution in [1.82, 2.24) is 0 Å². The first-order valence-corrected chi connectivity index (χ1v) is 2.95. The Morgan fingerprint density at radius 2 is 2.62 bits per heavy atom. The molecule has 1 heterocycles. The molecule has 1 saturated heterocycles. The van der Waals surface area contributed by atoms with E-state index in [2.05, 4.69) is 5.32 Å². The van der Waals surface area contributed by atoms with Crippen LogP contribution in [0.15, 0.2) is 0 Å². The van der Waals surface area contributed by atoms with E-state index in [-0.39, 0.29) is 6.61 Å². The van der Waals surface area contributed by atoms with Gasteiger partial charge in [-0.15, -0.1) is 0 Å². The summed E-state index contributed by atoms with van der Waals surface area (Å²) >= 11 is 0. The molecule has 1 aliphatic rings. The van der Waals surface area contributed by atoms with Crippen molar-refractivity contribution >= 4 is 0 Å². The fourth-order valence-corrected chi connectivity index (χ4v) is 0.817. The summed E-state index contributed by atoms with van der Waals surface area (Å²) < 4.78 is 5.08. The maximum Gasteiger partial charge on any atom is 0.133 e. The molecule has 3 heteroatoms. The van der Waals surface area contributed by atoms with Gasteiger partial charge in [0, 0.05) is 0 Å². The van der Waals surface area contributed by atoms with Gasteiger partial charge in [0.2, 0.25) is 0 Å². The van der Waals surface area contributed by atoms with E-state index in [1.807, 2.05) is 0 Å². The van der Waals surface area contributed by atoms with Gasteiger partial charge in [0.15, 0.2) is 0 Å². The average molecular weight is 118 g/mol. The molecule has 1 rings (SSSR count). The van der Waals surface area contributed by atoms with Gasteiger partial charge in [-0.2, -0.15) is 0 Å². The first-order valence-electron chi connectivity index (χ1n) is 2.95. The predicted molar refractivity (Wildman–Crippen MR) is 28.5 cm³/mol. The molecule has 0 spiro atoms. The zero-order valence-corrected chi connectivity index (χ0v) is 4.84. The molecule has 0 saturated carbocycles. The van der Waals surface area contributed by atoms with Crippen LogP contribution < -0.4 is 5.32 Å². The van der Waals surface area contributed by atoms with Gasteiger partial charge in [-0.3, -0.25) is 0 Å². The summed E-state index contributed by atoms with van der Waals surface area (Å²) in [6.07, 6.45) is 0. The fraction of sp³-hybridized carbons (Fsp3) is 1.00. The summed E-state index contributed by atoms with van der Waals surface area (Å²) in [6, 6.07) is 0.295. The quantitative estimate of drug-likeness (QED) is 0.416. The molecule has 1 aliphatic heterocycles. The number of aliphatic hydroxyl groups is 1. The molecule has 0 aromatic rings. The van der Waals surface area contributed by atoms with E-state index in [4.69, 9.17) is 9.84 Å². The number of ether oxygens (including phenoxy) is 1. The molecule has 48 valence electrons. The van der Waals surface area contributed by atoms with Crippen molar-refractivity contribution in [3.8, 4) is 0 Å². The molecule has 0 aliphatic carbocycles. The van der Waals surface area contributed by atoms with E-state index in [1.165, 1.54) is 0 Å². The summed E-state index contributed by atoms with van der Waals surface area (Å²) in [5.74, 6) is 0. The Kier molecular flexibility index (Phi) is 2.27. The lowest BCUT2D eigenvalue weighted by atomic mass is 10.3. The third-order valence-corrected chi connectivity index (χ3v) is 1.33. The van der Waals surface area contributed by atoms with Gasteiger partial charge < -0.3 is 15.2 Å². The third-order valence-electron chi connectivity index (χ3n) is 1.33. The second-order valence-electron chi connectivity index (χ2n) is 2.04. The monoisotopic (exact) mass is 118 g/mol. The van der Waals surface area contributed by atoms with Gasteiger partial charge in [-0.05, 0) is 0 Å². The first kappa shape index (κ1) is 6.01. The number of rotatable bonds is 1.